The molecule has 8 heteroatoms. The number of amides is 1. The fraction of sp³-hybridized carbons (Fsp3) is 0.154. The maximum atomic E-state index is 13.8. The molecule has 1 atom stereocenters. The van der Waals surface area contributed by atoms with Crippen molar-refractivity contribution in [2.45, 2.75) is 6.04 Å². The summed E-state index contributed by atoms with van der Waals surface area (Å²) in [6, 6.07) is 2.91. The third-order valence-electron chi connectivity index (χ3n) is 2.78. The molecule has 0 spiro atoms. The molecule has 1 aromatic heterocycles. The minimum atomic E-state index is -1.30. The summed E-state index contributed by atoms with van der Waals surface area (Å²) in [5.41, 5.74) is 0.0632. The van der Waals surface area contributed by atoms with Crippen molar-refractivity contribution in [1.29, 1.82) is 0 Å². The van der Waals surface area contributed by atoms with Gasteiger partial charge in [0.2, 0.25) is 0 Å². The lowest BCUT2D eigenvalue weighted by molar-refractivity contribution is -0.139. The van der Waals surface area contributed by atoms with Gasteiger partial charge in [-0.25, -0.2) is 9.18 Å². The standard InChI is InChI=1S/C13H11BrFN3O3/c1-18-6-7(5-16-18)11(13(20)21)17-12(19)8-3-2-4-9(14)10(8)15/h2-6,11H,1H3,(H,17,19)(H,20,21). The van der Waals surface area contributed by atoms with E-state index in [-0.39, 0.29) is 10.0 Å². The molecule has 0 bridgehead atoms. The number of carbonyl (C=O) groups excluding carboxylic acids is 1. The fourth-order valence-electron chi connectivity index (χ4n) is 1.76. The van der Waals surface area contributed by atoms with Gasteiger partial charge in [-0.15, -0.1) is 0 Å². The van der Waals surface area contributed by atoms with Gasteiger partial charge in [-0.3, -0.25) is 9.48 Å². The minimum absolute atomic E-state index is 0.128. The third-order valence-corrected chi connectivity index (χ3v) is 3.39. The van der Waals surface area contributed by atoms with Gasteiger partial charge in [-0.1, -0.05) is 6.07 Å². The molecule has 0 aliphatic rings. The first-order chi connectivity index (χ1) is 9.90. The Kier molecular flexibility index (Phi) is 4.37. The molecule has 0 aliphatic heterocycles. The molecule has 21 heavy (non-hydrogen) atoms. The van der Waals surface area contributed by atoms with Crippen molar-refractivity contribution >= 4 is 27.8 Å². The molecule has 6 nitrogen and oxygen atoms in total. The number of rotatable bonds is 4. The highest BCUT2D eigenvalue weighted by atomic mass is 79.9. The van der Waals surface area contributed by atoms with E-state index < -0.39 is 23.7 Å². The molecule has 0 radical (unpaired) electrons. The number of halogens is 2. The van der Waals surface area contributed by atoms with Crippen LogP contribution in [0.5, 0.6) is 0 Å². The van der Waals surface area contributed by atoms with Gasteiger partial charge in [-0.2, -0.15) is 5.10 Å². The van der Waals surface area contributed by atoms with E-state index in [0.29, 0.717) is 5.56 Å². The average Bonchev–Trinajstić information content (AvgIpc) is 2.84. The van der Waals surface area contributed by atoms with Crippen LogP contribution in [-0.2, 0) is 11.8 Å². The molecule has 2 N–H and O–H groups in total. The number of carbonyl (C=O) groups is 2. The van der Waals surface area contributed by atoms with Gasteiger partial charge in [-0.05, 0) is 28.1 Å². The SMILES string of the molecule is Cn1cc(C(NC(=O)c2cccc(Br)c2F)C(=O)O)cn1. The van der Waals surface area contributed by atoms with Crippen molar-refractivity contribution in [1.82, 2.24) is 15.1 Å². The number of nitrogens with one attached hydrogen (secondary N) is 1. The molecule has 0 fully saturated rings. The summed E-state index contributed by atoms with van der Waals surface area (Å²) in [6.45, 7) is 0. The van der Waals surface area contributed by atoms with Gasteiger partial charge in [0.05, 0.1) is 16.2 Å². The topological polar surface area (TPSA) is 84.2 Å². The van der Waals surface area contributed by atoms with E-state index in [2.05, 4.69) is 26.3 Å². The van der Waals surface area contributed by atoms with E-state index >= 15 is 0 Å². The van der Waals surface area contributed by atoms with E-state index in [1.807, 2.05) is 0 Å². The van der Waals surface area contributed by atoms with Crippen molar-refractivity contribution in [2.75, 3.05) is 0 Å². The Balaban J connectivity index is 2.27. The zero-order valence-corrected chi connectivity index (χ0v) is 12.5. The predicted molar refractivity (Wildman–Crippen MR) is 75.2 cm³/mol. The van der Waals surface area contributed by atoms with Crippen LogP contribution in [0.25, 0.3) is 0 Å². The number of aryl methyl sites for hydroxylation is 1. The highest BCUT2D eigenvalue weighted by Gasteiger charge is 2.25. The molecule has 1 unspecified atom stereocenters. The van der Waals surface area contributed by atoms with E-state index in [0.717, 1.165) is 0 Å². The van der Waals surface area contributed by atoms with Crippen LogP contribution in [0, 0.1) is 5.82 Å². The lowest BCUT2D eigenvalue weighted by Gasteiger charge is -2.13. The van der Waals surface area contributed by atoms with E-state index in [9.17, 15) is 19.1 Å². The van der Waals surface area contributed by atoms with Gasteiger partial charge < -0.3 is 10.4 Å². The van der Waals surface area contributed by atoms with Crippen LogP contribution in [0.3, 0.4) is 0 Å². The summed E-state index contributed by atoms with van der Waals surface area (Å²) in [4.78, 5) is 23.3. The minimum Gasteiger partial charge on any atom is -0.479 e. The second-order valence-electron chi connectivity index (χ2n) is 4.29. The maximum Gasteiger partial charge on any atom is 0.331 e. The molecular weight excluding hydrogens is 345 g/mol. The van der Waals surface area contributed by atoms with Gasteiger partial charge in [0.1, 0.15) is 5.82 Å². The first kappa shape index (κ1) is 15.2. The quantitative estimate of drug-likeness (QED) is 0.876. The number of aromatic nitrogens is 2. The molecule has 1 amide bonds. The van der Waals surface area contributed by atoms with E-state index in [4.69, 9.17) is 0 Å². The number of carboxylic acid groups (broad SMARTS) is 1. The Labute approximate surface area is 127 Å². The third kappa shape index (κ3) is 3.27. The number of aliphatic carboxylic acids is 1. The smallest absolute Gasteiger partial charge is 0.331 e. The molecule has 2 rings (SSSR count). The summed E-state index contributed by atoms with van der Waals surface area (Å²) in [7, 11) is 1.62. The van der Waals surface area contributed by atoms with Crippen LogP contribution in [0.15, 0.2) is 35.1 Å². The summed E-state index contributed by atoms with van der Waals surface area (Å²) in [5.74, 6) is -2.82. The molecule has 110 valence electrons. The summed E-state index contributed by atoms with van der Waals surface area (Å²) in [5, 5.41) is 15.3. The molecule has 1 heterocycles. The Hall–Kier alpha value is -2.22. The molecule has 0 saturated carbocycles. The zero-order chi connectivity index (χ0) is 15.6. The normalized spacial score (nSPS) is 12.0. The second-order valence-corrected chi connectivity index (χ2v) is 5.15. The molecule has 1 aromatic carbocycles. The highest BCUT2D eigenvalue weighted by molar-refractivity contribution is 9.10. The van der Waals surface area contributed by atoms with Crippen molar-refractivity contribution < 1.29 is 19.1 Å². The molecule has 0 aliphatic carbocycles. The van der Waals surface area contributed by atoms with Crippen LogP contribution in [0.1, 0.15) is 22.0 Å². The monoisotopic (exact) mass is 355 g/mol. The number of hydrogen-bond donors (Lipinski definition) is 2. The first-order valence-electron chi connectivity index (χ1n) is 5.86. The van der Waals surface area contributed by atoms with Crippen LogP contribution < -0.4 is 5.32 Å². The maximum absolute atomic E-state index is 13.8. The Morgan fingerprint density at radius 1 is 1.48 bits per heavy atom. The fourth-order valence-corrected chi connectivity index (χ4v) is 2.13. The average molecular weight is 356 g/mol. The van der Waals surface area contributed by atoms with Gasteiger partial charge in [0.15, 0.2) is 6.04 Å². The van der Waals surface area contributed by atoms with Crippen LogP contribution in [0.4, 0.5) is 4.39 Å². The van der Waals surface area contributed by atoms with E-state index in [1.54, 1.807) is 7.05 Å². The van der Waals surface area contributed by atoms with Gasteiger partial charge in [0.25, 0.3) is 5.91 Å². The zero-order valence-electron chi connectivity index (χ0n) is 10.9. The second kappa shape index (κ2) is 6.04. The Morgan fingerprint density at radius 3 is 2.76 bits per heavy atom. The summed E-state index contributed by atoms with van der Waals surface area (Å²) < 4.78 is 15.4. The number of benzene rings is 1. The summed E-state index contributed by atoms with van der Waals surface area (Å²) >= 11 is 2.97. The number of nitrogens with zero attached hydrogens (tertiary/aromatic N) is 2. The number of carboxylic acids is 1. The van der Waals surface area contributed by atoms with Crippen LogP contribution >= 0.6 is 15.9 Å². The number of hydrogen-bond acceptors (Lipinski definition) is 3. The Bertz CT molecular complexity index is 702. The Morgan fingerprint density at radius 2 is 2.19 bits per heavy atom. The van der Waals surface area contributed by atoms with Crippen molar-refractivity contribution in [3.63, 3.8) is 0 Å². The van der Waals surface area contributed by atoms with Crippen molar-refractivity contribution in [2.24, 2.45) is 7.05 Å². The van der Waals surface area contributed by atoms with E-state index in [1.165, 1.54) is 35.3 Å². The summed E-state index contributed by atoms with van der Waals surface area (Å²) in [6.07, 6.45) is 2.80. The lowest BCUT2D eigenvalue weighted by atomic mass is 10.1. The van der Waals surface area contributed by atoms with Crippen molar-refractivity contribution in [3.05, 3.63) is 52.0 Å². The molecule has 2 aromatic rings. The highest BCUT2D eigenvalue weighted by Crippen LogP contribution is 2.20. The first-order valence-corrected chi connectivity index (χ1v) is 6.65. The molecule has 0 saturated heterocycles. The molecular formula is C13H11BrFN3O3. The predicted octanol–water partition coefficient (Wildman–Crippen LogP) is 1.88. The van der Waals surface area contributed by atoms with Crippen molar-refractivity contribution in [3.8, 4) is 0 Å². The van der Waals surface area contributed by atoms with Gasteiger partial charge in [0, 0.05) is 18.8 Å². The lowest BCUT2D eigenvalue weighted by Crippen LogP contribution is -2.34. The van der Waals surface area contributed by atoms with Gasteiger partial charge >= 0.3 is 5.97 Å². The van der Waals surface area contributed by atoms with Crippen LogP contribution in [0.2, 0.25) is 0 Å². The largest absolute Gasteiger partial charge is 0.479 e. The van der Waals surface area contributed by atoms with Crippen LogP contribution in [-0.4, -0.2) is 26.8 Å².